The van der Waals surface area contributed by atoms with Crippen LogP contribution in [0.1, 0.15) is 65.7 Å². The fourth-order valence-electron chi connectivity index (χ4n) is 3.37. The van der Waals surface area contributed by atoms with E-state index >= 15 is 0 Å². The molecule has 1 saturated heterocycles. The Bertz CT molecular complexity index is 235. The number of ether oxygens (including phenoxy) is 1. The Kier molecular flexibility index (Phi) is 4.14. The summed E-state index contributed by atoms with van der Waals surface area (Å²) in [5, 5.41) is 3.75. The van der Waals surface area contributed by atoms with E-state index in [1.165, 1.54) is 44.9 Å². The van der Waals surface area contributed by atoms with E-state index < -0.39 is 0 Å². The van der Waals surface area contributed by atoms with Gasteiger partial charge in [0.2, 0.25) is 0 Å². The second-order valence-corrected chi connectivity index (χ2v) is 6.70. The summed E-state index contributed by atoms with van der Waals surface area (Å²) in [6, 6.07) is 0.575. The Morgan fingerprint density at radius 1 is 1.24 bits per heavy atom. The van der Waals surface area contributed by atoms with Crippen molar-refractivity contribution in [3.63, 3.8) is 0 Å². The maximum absolute atomic E-state index is 6.25. The van der Waals surface area contributed by atoms with Gasteiger partial charge in [0.15, 0.2) is 0 Å². The molecule has 0 bridgehead atoms. The minimum atomic E-state index is 0.170. The number of rotatable bonds is 3. The van der Waals surface area contributed by atoms with Crippen LogP contribution in [0.5, 0.6) is 0 Å². The standard InChI is InChI=1S/C15H29NO/c1-4-14(2,3)12-13-15(17-11-10-16-13)8-6-5-7-9-15/h13,16H,4-12H2,1-3H3. The molecule has 0 radical (unpaired) electrons. The summed E-state index contributed by atoms with van der Waals surface area (Å²) in [4.78, 5) is 0. The van der Waals surface area contributed by atoms with E-state index in [1.807, 2.05) is 0 Å². The fraction of sp³-hybridized carbons (Fsp3) is 1.00. The first kappa shape index (κ1) is 13.4. The van der Waals surface area contributed by atoms with Crippen LogP contribution >= 0.6 is 0 Å². The maximum Gasteiger partial charge on any atom is 0.0835 e. The quantitative estimate of drug-likeness (QED) is 0.814. The van der Waals surface area contributed by atoms with Gasteiger partial charge in [-0.2, -0.15) is 0 Å². The summed E-state index contributed by atoms with van der Waals surface area (Å²) >= 11 is 0. The molecule has 1 heterocycles. The van der Waals surface area contributed by atoms with Crippen LogP contribution in [-0.2, 0) is 4.74 Å². The normalized spacial score (nSPS) is 29.5. The third-order valence-electron chi connectivity index (χ3n) is 4.93. The molecule has 1 unspecified atom stereocenters. The molecule has 0 aromatic rings. The lowest BCUT2D eigenvalue weighted by atomic mass is 9.72. The van der Waals surface area contributed by atoms with Crippen molar-refractivity contribution in [2.75, 3.05) is 13.2 Å². The molecular weight excluding hydrogens is 210 g/mol. The van der Waals surface area contributed by atoms with Crippen molar-refractivity contribution in [3.8, 4) is 0 Å². The maximum atomic E-state index is 6.25. The van der Waals surface area contributed by atoms with Gasteiger partial charge in [-0.05, 0) is 24.7 Å². The van der Waals surface area contributed by atoms with Gasteiger partial charge in [-0.25, -0.2) is 0 Å². The van der Waals surface area contributed by atoms with Gasteiger partial charge in [0, 0.05) is 12.6 Å². The summed E-state index contributed by atoms with van der Waals surface area (Å²) in [6.07, 6.45) is 9.14. The average molecular weight is 239 g/mol. The molecule has 0 aromatic heterocycles. The number of nitrogens with one attached hydrogen (secondary N) is 1. The van der Waals surface area contributed by atoms with Crippen molar-refractivity contribution >= 4 is 0 Å². The van der Waals surface area contributed by atoms with E-state index in [0.29, 0.717) is 11.5 Å². The molecule has 2 fully saturated rings. The summed E-state index contributed by atoms with van der Waals surface area (Å²) in [5.74, 6) is 0. The first-order valence-corrected chi connectivity index (χ1v) is 7.45. The van der Waals surface area contributed by atoms with Gasteiger partial charge in [0.1, 0.15) is 0 Å². The highest BCUT2D eigenvalue weighted by Crippen LogP contribution is 2.40. The molecule has 1 aliphatic carbocycles. The number of hydrogen-bond acceptors (Lipinski definition) is 2. The largest absolute Gasteiger partial charge is 0.372 e. The smallest absolute Gasteiger partial charge is 0.0835 e. The lowest BCUT2D eigenvalue weighted by Crippen LogP contribution is -2.59. The van der Waals surface area contributed by atoms with Crippen molar-refractivity contribution in [3.05, 3.63) is 0 Å². The van der Waals surface area contributed by atoms with Gasteiger partial charge in [-0.15, -0.1) is 0 Å². The molecule has 1 saturated carbocycles. The van der Waals surface area contributed by atoms with Crippen LogP contribution in [0, 0.1) is 5.41 Å². The molecular formula is C15H29NO. The minimum absolute atomic E-state index is 0.170. The predicted octanol–water partition coefficient (Wildman–Crippen LogP) is 3.50. The average Bonchev–Trinajstić information content (AvgIpc) is 2.33. The number of hydrogen-bond donors (Lipinski definition) is 1. The Morgan fingerprint density at radius 2 is 1.94 bits per heavy atom. The highest BCUT2D eigenvalue weighted by molar-refractivity contribution is 4.99. The lowest BCUT2D eigenvalue weighted by Gasteiger charge is -2.49. The van der Waals surface area contributed by atoms with E-state index in [2.05, 4.69) is 26.1 Å². The van der Waals surface area contributed by atoms with Crippen molar-refractivity contribution in [2.24, 2.45) is 5.41 Å². The molecule has 2 aliphatic rings. The molecule has 100 valence electrons. The van der Waals surface area contributed by atoms with Crippen molar-refractivity contribution in [2.45, 2.75) is 77.4 Å². The highest BCUT2D eigenvalue weighted by Gasteiger charge is 2.44. The molecule has 1 spiro atoms. The SMILES string of the molecule is CCC(C)(C)CC1NCCOC12CCCCC2. The van der Waals surface area contributed by atoms with Crippen molar-refractivity contribution in [1.82, 2.24) is 5.32 Å². The summed E-state index contributed by atoms with van der Waals surface area (Å²) in [5.41, 5.74) is 0.603. The molecule has 2 heteroatoms. The van der Waals surface area contributed by atoms with Crippen LogP contribution in [0.15, 0.2) is 0 Å². The molecule has 0 amide bonds. The van der Waals surface area contributed by atoms with Crippen LogP contribution < -0.4 is 5.32 Å². The number of morpholine rings is 1. The summed E-state index contributed by atoms with van der Waals surface area (Å²) in [6.45, 7) is 9.02. The monoisotopic (exact) mass is 239 g/mol. The van der Waals surface area contributed by atoms with Crippen LogP contribution in [0.3, 0.4) is 0 Å². The summed E-state index contributed by atoms with van der Waals surface area (Å²) in [7, 11) is 0. The van der Waals surface area contributed by atoms with Gasteiger partial charge in [0.25, 0.3) is 0 Å². The molecule has 1 atom stereocenters. The minimum Gasteiger partial charge on any atom is -0.372 e. The predicted molar refractivity (Wildman–Crippen MR) is 72.2 cm³/mol. The second kappa shape index (κ2) is 5.27. The van der Waals surface area contributed by atoms with Gasteiger partial charge >= 0.3 is 0 Å². The Balaban J connectivity index is 2.06. The fourth-order valence-corrected chi connectivity index (χ4v) is 3.37. The van der Waals surface area contributed by atoms with E-state index in [-0.39, 0.29) is 5.60 Å². The lowest BCUT2D eigenvalue weighted by molar-refractivity contribution is -0.125. The Hall–Kier alpha value is -0.0800. The third-order valence-corrected chi connectivity index (χ3v) is 4.93. The zero-order valence-corrected chi connectivity index (χ0v) is 11.8. The van der Waals surface area contributed by atoms with E-state index in [9.17, 15) is 0 Å². The van der Waals surface area contributed by atoms with Crippen LogP contribution in [0.25, 0.3) is 0 Å². The van der Waals surface area contributed by atoms with E-state index in [1.54, 1.807) is 0 Å². The Labute approximate surface area is 107 Å². The molecule has 1 N–H and O–H groups in total. The summed E-state index contributed by atoms with van der Waals surface area (Å²) < 4.78 is 6.25. The zero-order chi connectivity index (χ0) is 12.4. The second-order valence-electron chi connectivity index (χ2n) is 6.70. The first-order valence-electron chi connectivity index (χ1n) is 7.45. The first-order chi connectivity index (χ1) is 8.08. The van der Waals surface area contributed by atoms with Gasteiger partial charge in [-0.1, -0.05) is 46.5 Å². The van der Waals surface area contributed by atoms with Gasteiger partial charge in [0.05, 0.1) is 12.2 Å². The molecule has 1 aliphatic heterocycles. The third kappa shape index (κ3) is 3.03. The van der Waals surface area contributed by atoms with Crippen LogP contribution in [0.2, 0.25) is 0 Å². The van der Waals surface area contributed by atoms with Crippen molar-refractivity contribution < 1.29 is 4.74 Å². The Morgan fingerprint density at radius 3 is 2.59 bits per heavy atom. The topological polar surface area (TPSA) is 21.3 Å². The van der Waals surface area contributed by atoms with E-state index in [0.717, 1.165) is 13.2 Å². The zero-order valence-electron chi connectivity index (χ0n) is 11.8. The van der Waals surface area contributed by atoms with E-state index in [4.69, 9.17) is 4.74 Å². The van der Waals surface area contributed by atoms with Gasteiger partial charge in [-0.3, -0.25) is 0 Å². The van der Waals surface area contributed by atoms with Crippen LogP contribution in [0.4, 0.5) is 0 Å². The highest BCUT2D eigenvalue weighted by atomic mass is 16.5. The molecule has 0 aromatic carbocycles. The van der Waals surface area contributed by atoms with Crippen LogP contribution in [-0.4, -0.2) is 24.8 Å². The molecule has 17 heavy (non-hydrogen) atoms. The molecule has 2 rings (SSSR count). The van der Waals surface area contributed by atoms with Gasteiger partial charge < -0.3 is 10.1 Å². The molecule has 2 nitrogen and oxygen atoms in total. The van der Waals surface area contributed by atoms with Crippen molar-refractivity contribution in [1.29, 1.82) is 0 Å².